The largest absolute Gasteiger partial charge is 0.420 e. The molecule has 8 heteroatoms. The van der Waals surface area contributed by atoms with Gasteiger partial charge in [0.05, 0.1) is 24.1 Å². The monoisotopic (exact) mass is 460 g/mol. The molecule has 0 bridgehead atoms. The Morgan fingerprint density at radius 2 is 1.62 bits per heavy atom. The van der Waals surface area contributed by atoms with Crippen molar-refractivity contribution < 1.29 is 18.0 Å². The molecule has 0 atom stereocenters. The van der Waals surface area contributed by atoms with Gasteiger partial charge >= 0.3 is 6.18 Å². The topological polar surface area (TPSA) is 72.9 Å². The fourth-order valence-corrected chi connectivity index (χ4v) is 4.09. The molecule has 0 aliphatic rings. The number of hydrogen-bond acceptors (Lipinski definition) is 3. The van der Waals surface area contributed by atoms with Gasteiger partial charge in [-0.15, -0.1) is 0 Å². The fourth-order valence-electron chi connectivity index (χ4n) is 4.09. The van der Waals surface area contributed by atoms with Gasteiger partial charge in [-0.3, -0.25) is 4.79 Å². The molecule has 5 rings (SSSR count). The van der Waals surface area contributed by atoms with Gasteiger partial charge in [-0.1, -0.05) is 48.5 Å². The first-order valence-electron chi connectivity index (χ1n) is 10.5. The van der Waals surface area contributed by atoms with E-state index in [1.165, 1.54) is 4.68 Å². The van der Waals surface area contributed by atoms with E-state index < -0.39 is 11.7 Å². The summed E-state index contributed by atoms with van der Waals surface area (Å²) < 4.78 is 43.0. The molecule has 0 radical (unpaired) electrons. The number of anilines is 1. The summed E-state index contributed by atoms with van der Waals surface area (Å²) in [5.41, 5.74) is 5.74. The Labute approximate surface area is 192 Å². The standard InChI is InChI=1S/C26H19F3N4O/c27-26(28,29)23-15-31-33(20-10-8-19(9-11-20)32-24(34)14-30)25(23)18-7-12-22-17(13-18)6-5-16-3-1-2-4-21(16)22/h1-13,15H,14,30H2,(H,32,34). The maximum Gasteiger partial charge on any atom is 0.420 e. The van der Waals surface area contributed by atoms with Crippen LogP contribution in [0.4, 0.5) is 18.9 Å². The van der Waals surface area contributed by atoms with Crippen LogP contribution in [0.5, 0.6) is 0 Å². The van der Waals surface area contributed by atoms with E-state index in [4.69, 9.17) is 5.73 Å². The first-order chi connectivity index (χ1) is 16.3. The molecule has 170 valence electrons. The number of carbonyl (C=O) groups is 1. The molecule has 4 aromatic carbocycles. The Morgan fingerprint density at radius 3 is 2.35 bits per heavy atom. The van der Waals surface area contributed by atoms with E-state index >= 15 is 0 Å². The van der Waals surface area contributed by atoms with Crippen molar-refractivity contribution in [1.29, 1.82) is 0 Å². The molecule has 0 fully saturated rings. The second kappa shape index (κ2) is 8.31. The van der Waals surface area contributed by atoms with Crippen LogP contribution in [0.2, 0.25) is 0 Å². The molecule has 3 N–H and O–H groups in total. The summed E-state index contributed by atoms with van der Waals surface area (Å²) in [6.07, 6.45) is -3.75. The summed E-state index contributed by atoms with van der Waals surface area (Å²) in [7, 11) is 0. The summed E-state index contributed by atoms with van der Waals surface area (Å²) in [6, 6.07) is 23.4. The highest BCUT2D eigenvalue weighted by atomic mass is 19.4. The van der Waals surface area contributed by atoms with Crippen LogP contribution in [0.25, 0.3) is 38.5 Å². The van der Waals surface area contributed by atoms with Gasteiger partial charge in [0, 0.05) is 11.3 Å². The van der Waals surface area contributed by atoms with E-state index in [-0.39, 0.29) is 18.1 Å². The fraction of sp³-hybridized carbons (Fsp3) is 0.0769. The molecule has 0 unspecified atom stereocenters. The molecule has 0 aliphatic heterocycles. The Balaban J connectivity index is 1.65. The van der Waals surface area contributed by atoms with Crippen molar-refractivity contribution in [3.8, 4) is 16.9 Å². The molecule has 1 heterocycles. The Bertz CT molecular complexity index is 1520. The third kappa shape index (κ3) is 3.88. The highest BCUT2D eigenvalue weighted by Gasteiger charge is 2.37. The Kier molecular flexibility index (Phi) is 5.30. The number of benzene rings is 4. The summed E-state index contributed by atoms with van der Waals surface area (Å²) in [6.45, 7) is -0.169. The normalized spacial score (nSPS) is 11.8. The average molecular weight is 460 g/mol. The third-order valence-electron chi connectivity index (χ3n) is 5.67. The predicted molar refractivity (Wildman–Crippen MR) is 127 cm³/mol. The van der Waals surface area contributed by atoms with E-state index in [0.717, 1.165) is 27.7 Å². The van der Waals surface area contributed by atoms with Crippen LogP contribution in [0.15, 0.2) is 85.1 Å². The molecular formula is C26H19F3N4O. The molecule has 34 heavy (non-hydrogen) atoms. The lowest BCUT2D eigenvalue weighted by molar-refractivity contribution is -0.137. The molecule has 5 aromatic rings. The highest BCUT2D eigenvalue weighted by molar-refractivity contribution is 6.08. The first-order valence-corrected chi connectivity index (χ1v) is 10.5. The highest BCUT2D eigenvalue weighted by Crippen LogP contribution is 2.39. The van der Waals surface area contributed by atoms with Crippen LogP contribution in [0.1, 0.15) is 5.56 Å². The van der Waals surface area contributed by atoms with Crippen molar-refractivity contribution in [3.05, 3.63) is 90.6 Å². The van der Waals surface area contributed by atoms with Crippen molar-refractivity contribution >= 4 is 33.1 Å². The minimum Gasteiger partial charge on any atom is -0.325 e. The number of nitrogens with zero attached hydrogens (tertiary/aromatic N) is 2. The van der Waals surface area contributed by atoms with E-state index in [1.54, 1.807) is 36.4 Å². The summed E-state index contributed by atoms with van der Waals surface area (Å²) >= 11 is 0. The van der Waals surface area contributed by atoms with Crippen LogP contribution in [-0.2, 0) is 11.0 Å². The summed E-state index contributed by atoms with van der Waals surface area (Å²) in [5.74, 6) is -0.365. The summed E-state index contributed by atoms with van der Waals surface area (Å²) in [5, 5.41) is 10.5. The van der Waals surface area contributed by atoms with Crippen molar-refractivity contribution in [2.75, 3.05) is 11.9 Å². The molecule has 0 saturated heterocycles. The number of carbonyl (C=O) groups excluding carboxylic acids is 1. The van der Waals surface area contributed by atoms with E-state index in [9.17, 15) is 18.0 Å². The zero-order valence-electron chi connectivity index (χ0n) is 17.8. The lowest BCUT2D eigenvalue weighted by atomic mass is 9.98. The second-order valence-electron chi connectivity index (χ2n) is 7.84. The van der Waals surface area contributed by atoms with E-state index in [2.05, 4.69) is 10.4 Å². The van der Waals surface area contributed by atoms with Crippen LogP contribution < -0.4 is 11.1 Å². The van der Waals surface area contributed by atoms with Gasteiger partial charge in [0.2, 0.25) is 5.91 Å². The van der Waals surface area contributed by atoms with Gasteiger partial charge in [0.15, 0.2) is 0 Å². The zero-order chi connectivity index (χ0) is 23.9. The van der Waals surface area contributed by atoms with Crippen molar-refractivity contribution in [2.24, 2.45) is 5.73 Å². The van der Waals surface area contributed by atoms with Gasteiger partial charge in [-0.05, 0) is 51.9 Å². The number of fused-ring (bicyclic) bond motifs is 3. The lowest BCUT2D eigenvalue weighted by Gasteiger charge is -2.14. The Hall–Kier alpha value is -4.17. The smallest absolute Gasteiger partial charge is 0.325 e. The molecule has 1 aromatic heterocycles. The maximum atomic E-state index is 13.9. The van der Waals surface area contributed by atoms with Crippen molar-refractivity contribution in [1.82, 2.24) is 9.78 Å². The number of alkyl halides is 3. The van der Waals surface area contributed by atoms with E-state index in [1.807, 2.05) is 42.5 Å². The third-order valence-corrected chi connectivity index (χ3v) is 5.67. The van der Waals surface area contributed by atoms with Crippen molar-refractivity contribution in [3.63, 3.8) is 0 Å². The van der Waals surface area contributed by atoms with Gasteiger partial charge < -0.3 is 11.1 Å². The predicted octanol–water partition coefficient (Wildman–Crippen LogP) is 5.76. The van der Waals surface area contributed by atoms with Gasteiger partial charge in [0.25, 0.3) is 0 Å². The van der Waals surface area contributed by atoms with Crippen LogP contribution >= 0.6 is 0 Å². The number of aromatic nitrogens is 2. The second-order valence-corrected chi connectivity index (χ2v) is 7.84. The van der Waals surface area contributed by atoms with Crippen LogP contribution in [0, 0.1) is 0 Å². The molecule has 0 aliphatic carbocycles. The molecule has 0 spiro atoms. The number of hydrogen-bond donors (Lipinski definition) is 2. The number of rotatable bonds is 4. The average Bonchev–Trinajstić information content (AvgIpc) is 3.30. The molecule has 1 amide bonds. The SMILES string of the molecule is NCC(=O)Nc1ccc(-n2ncc(C(F)(F)F)c2-c2ccc3c(ccc4ccccc43)c2)cc1. The number of nitrogens with two attached hydrogens (primary N) is 1. The van der Waals surface area contributed by atoms with Gasteiger partial charge in [0.1, 0.15) is 5.56 Å². The molecule has 5 nitrogen and oxygen atoms in total. The van der Waals surface area contributed by atoms with Crippen LogP contribution in [-0.4, -0.2) is 22.2 Å². The minimum atomic E-state index is -4.58. The van der Waals surface area contributed by atoms with Gasteiger partial charge in [-0.2, -0.15) is 18.3 Å². The Morgan fingerprint density at radius 1 is 0.912 bits per heavy atom. The van der Waals surface area contributed by atoms with Crippen LogP contribution in [0.3, 0.4) is 0 Å². The van der Waals surface area contributed by atoms with E-state index in [0.29, 0.717) is 16.9 Å². The maximum absolute atomic E-state index is 13.9. The molecular weight excluding hydrogens is 441 g/mol. The number of amides is 1. The first kappa shape index (κ1) is 21.7. The zero-order valence-corrected chi connectivity index (χ0v) is 17.8. The minimum absolute atomic E-state index is 0.0543. The summed E-state index contributed by atoms with van der Waals surface area (Å²) in [4.78, 5) is 11.5. The number of nitrogens with one attached hydrogen (secondary N) is 1. The van der Waals surface area contributed by atoms with Crippen molar-refractivity contribution in [2.45, 2.75) is 6.18 Å². The quantitative estimate of drug-likeness (QED) is 0.335. The number of halogens is 3. The molecule has 0 saturated carbocycles. The lowest BCUT2D eigenvalue weighted by Crippen LogP contribution is -2.21. The van der Waals surface area contributed by atoms with Gasteiger partial charge in [-0.25, -0.2) is 4.68 Å².